The minimum atomic E-state index is -1.46. The molecule has 0 aromatic heterocycles. The van der Waals surface area contributed by atoms with E-state index in [1.165, 1.54) is 37.1 Å². The van der Waals surface area contributed by atoms with Crippen molar-refractivity contribution in [3.63, 3.8) is 0 Å². The van der Waals surface area contributed by atoms with Gasteiger partial charge in [0.25, 0.3) is 6.16 Å². The maximum absolute atomic E-state index is 9.27. The minimum absolute atomic E-state index is 0.169. The highest BCUT2D eigenvalue weighted by Crippen LogP contribution is 2.07. The predicted molar refractivity (Wildman–Crippen MR) is 74.9 cm³/mol. The molecule has 0 radical (unpaired) electrons. The van der Waals surface area contributed by atoms with Gasteiger partial charge in [0.1, 0.15) is 6.54 Å². The number of likely N-dealkylation sites (N-methyl/N-ethyl adjacent to an activating group) is 1. The molecule has 5 nitrogen and oxygen atoms in total. The number of ether oxygens (including phenoxy) is 2. The van der Waals surface area contributed by atoms with E-state index < -0.39 is 6.16 Å². The van der Waals surface area contributed by atoms with Crippen molar-refractivity contribution >= 4 is 6.16 Å². The quantitative estimate of drug-likeness (QED) is 0.365. The zero-order chi connectivity index (χ0) is 15.1. The first kappa shape index (κ1) is 20.5. The van der Waals surface area contributed by atoms with Gasteiger partial charge in [-0.3, -0.25) is 0 Å². The summed E-state index contributed by atoms with van der Waals surface area (Å²) < 4.78 is 10.5. The lowest BCUT2D eigenvalue weighted by Gasteiger charge is -2.36. The number of carboxylic acid groups (broad SMARTS) is 1. The molecular weight excluding hydrogens is 246 g/mol. The van der Waals surface area contributed by atoms with Crippen molar-refractivity contribution in [2.24, 2.45) is 0 Å². The van der Waals surface area contributed by atoms with Crippen molar-refractivity contribution in [3.05, 3.63) is 0 Å². The Hall–Kier alpha value is -0.810. The smallest absolute Gasteiger partial charge is 0.251 e. The minimum Gasteiger partial charge on any atom is -0.550 e. The summed E-state index contributed by atoms with van der Waals surface area (Å²) in [6, 6.07) is 0. The Morgan fingerprint density at radius 2 is 1.58 bits per heavy atom. The lowest BCUT2D eigenvalue weighted by molar-refractivity contribution is -0.925. The van der Waals surface area contributed by atoms with Gasteiger partial charge in [-0.25, -0.2) is 0 Å². The highest BCUT2D eigenvalue weighted by atomic mass is 16.7. The number of hydrogen-bond donors (Lipinski definition) is 0. The number of carbonyl (C=O) groups is 1. The third-order valence-corrected chi connectivity index (χ3v) is 3.22. The average Bonchev–Trinajstić information content (AvgIpc) is 2.38. The molecule has 5 heteroatoms. The van der Waals surface area contributed by atoms with Crippen LogP contribution < -0.4 is 5.11 Å². The van der Waals surface area contributed by atoms with Crippen LogP contribution in [-0.2, 0) is 9.47 Å². The predicted octanol–water partition coefficient (Wildman–Crippen LogP) is 1.66. The van der Waals surface area contributed by atoms with Gasteiger partial charge in [-0.2, -0.15) is 0 Å². The van der Waals surface area contributed by atoms with Gasteiger partial charge in [0, 0.05) is 13.2 Å². The first-order chi connectivity index (χ1) is 9.01. The Morgan fingerprint density at radius 1 is 1.00 bits per heavy atom. The molecule has 0 rings (SSSR count). The zero-order valence-electron chi connectivity index (χ0n) is 13.2. The Bertz CT molecular complexity index is 206. The summed E-state index contributed by atoms with van der Waals surface area (Å²) in [5, 5.41) is 9.27. The number of rotatable bonds is 9. The summed E-state index contributed by atoms with van der Waals surface area (Å²) in [4.78, 5) is 9.27. The van der Waals surface area contributed by atoms with E-state index >= 15 is 0 Å². The second-order valence-electron chi connectivity index (χ2n) is 4.30. The van der Waals surface area contributed by atoms with Crippen molar-refractivity contribution in [2.75, 3.05) is 46.0 Å². The lowest BCUT2D eigenvalue weighted by Crippen LogP contribution is -2.50. The summed E-state index contributed by atoms with van der Waals surface area (Å²) in [6.45, 7) is 17.3. The van der Waals surface area contributed by atoms with E-state index in [-0.39, 0.29) is 6.61 Å². The number of carbonyl (C=O) groups excluding carboxylic acids is 1. The van der Waals surface area contributed by atoms with Gasteiger partial charge in [0.15, 0.2) is 0 Å². The van der Waals surface area contributed by atoms with Gasteiger partial charge in [0.2, 0.25) is 0 Å². The Morgan fingerprint density at radius 3 is 1.84 bits per heavy atom. The molecule has 0 atom stereocenters. The molecule has 116 valence electrons. The average molecular weight is 277 g/mol. The van der Waals surface area contributed by atoms with Gasteiger partial charge < -0.3 is 23.9 Å². The van der Waals surface area contributed by atoms with Gasteiger partial charge >= 0.3 is 0 Å². The van der Waals surface area contributed by atoms with Crippen molar-refractivity contribution < 1.29 is 23.9 Å². The van der Waals surface area contributed by atoms with Gasteiger partial charge in [-0.05, 0) is 34.1 Å². The van der Waals surface area contributed by atoms with Crippen LogP contribution in [0.15, 0.2) is 0 Å². The molecule has 0 aromatic carbocycles. The molecule has 0 bridgehead atoms. The number of quaternary nitrogens is 1. The highest BCUT2D eigenvalue weighted by Gasteiger charge is 2.20. The maximum atomic E-state index is 9.27. The molecule has 0 unspecified atom stereocenters. The van der Waals surface area contributed by atoms with E-state index in [0.717, 1.165) is 13.2 Å². The monoisotopic (exact) mass is 277 g/mol. The van der Waals surface area contributed by atoms with E-state index in [1.807, 2.05) is 0 Å². The normalized spacial score (nSPS) is 10.6. The molecule has 0 spiro atoms. The molecule has 0 aliphatic rings. The molecule has 0 aliphatic heterocycles. The van der Waals surface area contributed by atoms with E-state index in [9.17, 15) is 9.90 Å². The van der Waals surface area contributed by atoms with Crippen LogP contribution in [0.4, 0.5) is 4.79 Å². The largest absolute Gasteiger partial charge is 0.550 e. The molecular formula is C14H31NO4. The van der Waals surface area contributed by atoms with E-state index in [2.05, 4.69) is 32.4 Å². The van der Waals surface area contributed by atoms with E-state index in [0.29, 0.717) is 0 Å². The second kappa shape index (κ2) is 13.6. The molecule has 0 heterocycles. The fourth-order valence-electron chi connectivity index (χ4n) is 1.96. The fourth-order valence-corrected chi connectivity index (χ4v) is 1.96. The Kier molecular flexibility index (Phi) is 14.7. The summed E-state index contributed by atoms with van der Waals surface area (Å²) in [5.41, 5.74) is 0. The van der Waals surface area contributed by atoms with Crippen molar-refractivity contribution in [1.82, 2.24) is 0 Å². The first-order valence-corrected chi connectivity index (χ1v) is 7.28. The number of hydrogen-bond acceptors (Lipinski definition) is 4. The molecule has 0 N–H and O–H groups in total. The van der Waals surface area contributed by atoms with Gasteiger partial charge in [-0.1, -0.05) is 6.92 Å². The molecule has 0 amide bonds. The molecule has 0 aliphatic carbocycles. The van der Waals surface area contributed by atoms with Crippen LogP contribution in [0.1, 0.15) is 41.0 Å². The summed E-state index contributed by atoms with van der Waals surface area (Å²) in [7, 11) is 0. The highest BCUT2D eigenvalue weighted by molar-refractivity contribution is 5.53. The number of nitrogens with zero attached hydrogens (tertiary/aromatic N) is 1. The van der Waals surface area contributed by atoms with Crippen LogP contribution >= 0.6 is 0 Å². The van der Waals surface area contributed by atoms with Crippen molar-refractivity contribution in [2.45, 2.75) is 41.0 Å². The van der Waals surface area contributed by atoms with Crippen molar-refractivity contribution in [3.8, 4) is 0 Å². The SMILES string of the molecule is CCC[N+](CC)(CC)CCOCC.CCOC(=O)[O-]. The first-order valence-electron chi connectivity index (χ1n) is 7.28. The standard InChI is InChI=1S/C11H26NO.C3H6O3/c1-5-9-12(6-2,7-3)10-11-13-8-4;1-2-6-3(4)5/h5-11H2,1-4H3;2H2,1H3,(H,4,5)/q+1;/p-1. The molecule has 0 saturated carbocycles. The van der Waals surface area contributed by atoms with Crippen molar-refractivity contribution in [1.29, 1.82) is 0 Å². The van der Waals surface area contributed by atoms with Crippen LogP contribution in [-0.4, -0.2) is 56.6 Å². The van der Waals surface area contributed by atoms with Crippen LogP contribution in [0, 0.1) is 0 Å². The fraction of sp³-hybridized carbons (Fsp3) is 0.929. The summed E-state index contributed by atoms with van der Waals surface area (Å²) in [5.74, 6) is 0. The Balaban J connectivity index is 0. The summed E-state index contributed by atoms with van der Waals surface area (Å²) >= 11 is 0. The van der Waals surface area contributed by atoms with E-state index in [1.54, 1.807) is 6.92 Å². The van der Waals surface area contributed by atoms with Crippen LogP contribution in [0.5, 0.6) is 0 Å². The maximum Gasteiger partial charge on any atom is 0.251 e. The molecule has 0 aromatic rings. The Labute approximate surface area is 118 Å². The van der Waals surface area contributed by atoms with Crippen LogP contribution in [0.3, 0.4) is 0 Å². The van der Waals surface area contributed by atoms with Gasteiger partial charge in [-0.15, -0.1) is 0 Å². The zero-order valence-corrected chi connectivity index (χ0v) is 13.2. The van der Waals surface area contributed by atoms with Crippen LogP contribution in [0.2, 0.25) is 0 Å². The molecule has 0 fully saturated rings. The van der Waals surface area contributed by atoms with Crippen LogP contribution in [0.25, 0.3) is 0 Å². The molecule has 0 saturated heterocycles. The lowest BCUT2D eigenvalue weighted by atomic mass is 10.3. The summed E-state index contributed by atoms with van der Waals surface area (Å²) in [6.07, 6.45) is -0.189. The van der Waals surface area contributed by atoms with Gasteiger partial charge in [0.05, 0.1) is 26.2 Å². The second-order valence-corrected chi connectivity index (χ2v) is 4.30. The third-order valence-electron chi connectivity index (χ3n) is 3.22. The van der Waals surface area contributed by atoms with E-state index in [4.69, 9.17) is 4.74 Å². The third kappa shape index (κ3) is 12.0. The topological polar surface area (TPSA) is 58.6 Å². The molecule has 19 heavy (non-hydrogen) atoms.